The highest BCUT2D eigenvalue weighted by Gasteiger charge is 2.28. The number of sulfonamides is 1. The van der Waals surface area contributed by atoms with Gasteiger partial charge in [0.05, 0.1) is 11.0 Å². The molecular formula is C20H27N5O7S. The number of hydrogen-bond donors (Lipinski definition) is 2. The Balaban J connectivity index is 1.86. The van der Waals surface area contributed by atoms with Gasteiger partial charge in [0, 0.05) is 43.9 Å². The maximum Gasteiger partial charge on any atom is 0.272 e. The molecule has 1 aliphatic rings. The van der Waals surface area contributed by atoms with Gasteiger partial charge in [0.25, 0.3) is 11.6 Å². The fraction of sp³-hybridized carbons (Fsp3) is 0.500. The van der Waals surface area contributed by atoms with Crippen molar-refractivity contribution in [1.29, 1.82) is 0 Å². The summed E-state index contributed by atoms with van der Waals surface area (Å²) in [4.78, 5) is 22.5. The van der Waals surface area contributed by atoms with Crippen molar-refractivity contribution in [2.24, 2.45) is 7.05 Å². The smallest absolute Gasteiger partial charge is 0.272 e. The Morgan fingerprint density at radius 2 is 2.09 bits per heavy atom. The van der Waals surface area contributed by atoms with Crippen molar-refractivity contribution < 1.29 is 27.6 Å². The van der Waals surface area contributed by atoms with Gasteiger partial charge in [-0.2, -0.15) is 5.10 Å². The molecule has 1 fully saturated rings. The van der Waals surface area contributed by atoms with Gasteiger partial charge in [0.15, 0.2) is 5.69 Å². The van der Waals surface area contributed by atoms with Gasteiger partial charge in [-0.3, -0.25) is 14.9 Å². The van der Waals surface area contributed by atoms with E-state index in [9.17, 15) is 23.3 Å². The summed E-state index contributed by atoms with van der Waals surface area (Å²) in [5, 5.41) is 18.1. The summed E-state index contributed by atoms with van der Waals surface area (Å²) in [5.41, 5.74) is -1.16. The molecule has 13 heteroatoms. The molecule has 2 heterocycles. The Morgan fingerprint density at radius 3 is 2.70 bits per heavy atom. The average molecular weight is 482 g/mol. The summed E-state index contributed by atoms with van der Waals surface area (Å²) in [5.74, 6) is -0.494. The fourth-order valence-corrected chi connectivity index (χ4v) is 4.80. The third-order valence-corrected chi connectivity index (χ3v) is 6.45. The molecule has 0 saturated carbocycles. The van der Waals surface area contributed by atoms with Crippen molar-refractivity contribution in [2.75, 3.05) is 13.2 Å². The lowest BCUT2D eigenvalue weighted by molar-refractivity contribution is -0.385. The summed E-state index contributed by atoms with van der Waals surface area (Å²) < 4.78 is 40.8. The van der Waals surface area contributed by atoms with Crippen LogP contribution in [-0.2, 0) is 21.8 Å². The molecule has 33 heavy (non-hydrogen) atoms. The summed E-state index contributed by atoms with van der Waals surface area (Å²) in [6, 6.07) is 4.62. The molecular weight excluding hydrogens is 454 g/mol. The number of benzene rings is 1. The molecule has 1 atom stereocenters. The number of carbonyl (C=O) groups excluding carboxylic acids is 1. The van der Waals surface area contributed by atoms with Gasteiger partial charge in [-0.15, -0.1) is 0 Å². The Morgan fingerprint density at radius 1 is 1.36 bits per heavy atom. The molecule has 180 valence electrons. The predicted molar refractivity (Wildman–Crippen MR) is 118 cm³/mol. The van der Waals surface area contributed by atoms with E-state index in [-0.39, 0.29) is 23.4 Å². The molecule has 1 aliphatic heterocycles. The molecule has 12 nitrogen and oxygen atoms in total. The zero-order valence-electron chi connectivity index (χ0n) is 18.8. The Bertz CT molecular complexity index is 1150. The molecule has 3 rings (SSSR count). The van der Waals surface area contributed by atoms with Crippen LogP contribution in [-0.4, -0.2) is 53.8 Å². The second-order valence-corrected chi connectivity index (χ2v) is 10.3. The van der Waals surface area contributed by atoms with Crippen LogP contribution in [0.15, 0.2) is 29.2 Å². The van der Waals surface area contributed by atoms with Crippen molar-refractivity contribution in [3.63, 3.8) is 0 Å². The van der Waals surface area contributed by atoms with Crippen molar-refractivity contribution >= 4 is 21.6 Å². The van der Waals surface area contributed by atoms with Gasteiger partial charge in [0.1, 0.15) is 10.6 Å². The third kappa shape index (κ3) is 6.27. The number of amides is 1. The van der Waals surface area contributed by atoms with Crippen molar-refractivity contribution in [3.05, 3.63) is 40.1 Å². The molecule has 0 spiro atoms. The van der Waals surface area contributed by atoms with Crippen LogP contribution in [0, 0.1) is 10.1 Å². The van der Waals surface area contributed by atoms with Gasteiger partial charge in [-0.1, -0.05) is 0 Å². The van der Waals surface area contributed by atoms with E-state index in [1.54, 1.807) is 20.8 Å². The van der Waals surface area contributed by atoms with Crippen LogP contribution < -0.4 is 14.8 Å². The molecule has 0 radical (unpaired) electrons. The lowest BCUT2D eigenvalue weighted by atomic mass is 10.1. The van der Waals surface area contributed by atoms with Crippen molar-refractivity contribution in [3.8, 4) is 11.6 Å². The average Bonchev–Trinajstić information content (AvgIpc) is 3.34. The molecule has 1 aromatic heterocycles. The van der Waals surface area contributed by atoms with E-state index in [0.717, 1.165) is 25.0 Å². The van der Waals surface area contributed by atoms with Crippen molar-refractivity contribution in [2.45, 2.75) is 50.2 Å². The van der Waals surface area contributed by atoms with Crippen LogP contribution in [0.1, 0.15) is 44.1 Å². The highest BCUT2D eigenvalue weighted by molar-refractivity contribution is 7.89. The first-order chi connectivity index (χ1) is 15.4. The number of aryl methyl sites for hydroxylation is 1. The van der Waals surface area contributed by atoms with Gasteiger partial charge in [-0.05, 0) is 39.7 Å². The van der Waals surface area contributed by atoms with E-state index in [0.29, 0.717) is 13.2 Å². The first-order valence-electron chi connectivity index (χ1n) is 10.3. The van der Waals surface area contributed by atoms with Crippen LogP contribution in [0.3, 0.4) is 0 Å². The lowest BCUT2D eigenvalue weighted by Crippen LogP contribution is -2.40. The molecule has 2 aromatic rings. The molecule has 1 saturated heterocycles. The molecule has 0 unspecified atom stereocenters. The summed E-state index contributed by atoms with van der Waals surface area (Å²) in [7, 11) is -2.64. The number of rotatable bonds is 8. The van der Waals surface area contributed by atoms with Gasteiger partial charge in [-0.25, -0.2) is 17.8 Å². The summed E-state index contributed by atoms with van der Waals surface area (Å²) >= 11 is 0. The number of ether oxygens (including phenoxy) is 2. The maximum atomic E-state index is 12.9. The monoisotopic (exact) mass is 481 g/mol. The van der Waals surface area contributed by atoms with E-state index < -0.39 is 37.0 Å². The quantitative estimate of drug-likeness (QED) is 0.429. The normalized spacial score (nSPS) is 16.5. The van der Waals surface area contributed by atoms with Crippen LogP contribution in [0.25, 0.3) is 0 Å². The highest BCUT2D eigenvalue weighted by Crippen LogP contribution is 2.33. The second-order valence-electron chi connectivity index (χ2n) is 8.68. The number of nitrogens with one attached hydrogen (secondary N) is 2. The topological polar surface area (TPSA) is 155 Å². The van der Waals surface area contributed by atoms with E-state index >= 15 is 0 Å². The lowest BCUT2D eigenvalue weighted by Gasteiger charge is -2.21. The number of carbonyl (C=O) groups is 1. The number of hydrogen-bond acceptors (Lipinski definition) is 8. The van der Waals surface area contributed by atoms with Gasteiger partial charge in [0.2, 0.25) is 15.9 Å². The van der Waals surface area contributed by atoms with Gasteiger partial charge >= 0.3 is 0 Å². The maximum absolute atomic E-state index is 12.9. The van der Waals surface area contributed by atoms with E-state index in [1.807, 2.05) is 0 Å². The minimum absolute atomic E-state index is 0.0310. The van der Waals surface area contributed by atoms with Crippen LogP contribution in [0.5, 0.6) is 11.6 Å². The number of non-ortho nitro benzene ring substituents is 1. The van der Waals surface area contributed by atoms with E-state index in [1.165, 1.54) is 23.9 Å². The first kappa shape index (κ1) is 24.6. The SMILES string of the molecule is Cn1nc(C(=O)NC[C@H]2CCCO2)cc1Oc1ccc([N+](=O)[O-])cc1S(=O)(=O)NC(C)(C)C. The number of aromatic nitrogens is 2. The van der Waals surface area contributed by atoms with E-state index in [2.05, 4.69) is 15.1 Å². The standard InChI is InChI=1S/C20H27N5O7S/c1-20(2,3)23-33(29,30)17-10-13(25(27)28)7-8-16(17)32-18-11-15(22-24(18)4)19(26)21-12-14-6-5-9-31-14/h7-8,10-11,14,23H,5-6,9,12H2,1-4H3,(H,21,26)/t14-/m1/s1. The van der Waals surface area contributed by atoms with Crippen LogP contribution >= 0.6 is 0 Å². The van der Waals surface area contributed by atoms with Gasteiger partial charge < -0.3 is 14.8 Å². The zero-order valence-corrected chi connectivity index (χ0v) is 19.6. The Hall–Kier alpha value is -3.03. The minimum atomic E-state index is -4.17. The molecule has 1 aromatic carbocycles. The minimum Gasteiger partial charge on any atom is -0.438 e. The van der Waals surface area contributed by atoms with Crippen molar-refractivity contribution in [1.82, 2.24) is 19.8 Å². The third-order valence-electron chi connectivity index (χ3n) is 4.67. The molecule has 2 N–H and O–H groups in total. The second kappa shape index (κ2) is 9.45. The van der Waals surface area contributed by atoms with Crippen LogP contribution in [0.4, 0.5) is 5.69 Å². The number of nitro benzene ring substituents is 1. The Kier molecular flexibility index (Phi) is 7.05. The molecule has 0 aliphatic carbocycles. The fourth-order valence-electron chi connectivity index (χ4n) is 3.23. The molecule has 0 bridgehead atoms. The molecule has 1 amide bonds. The highest BCUT2D eigenvalue weighted by atomic mass is 32.2. The number of nitrogens with zero attached hydrogens (tertiary/aromatic N) is 3. The first-order valence-corrected chi connectivity index (χ1v) is 11.8. The van der Waals surface area contributed by atoms with E-state index in [4.69, 9.17) is 9.47 Å². The largest absolute Gasteiger partial charge is 0.438 e. The summed E-state index contributed by atoms with van der Waals surface area (Å²) in [6.07, 6.45) is 1.79. The predicted octanol–water partition coefficient (Wildman–Crippen LogP) is 2.11. The van der Waals surface area contributed by atoms with Crippen LogP contribution in [0.2, 0.25) is 0 Å². The number of nitro groups is 1. The Labute approximate surface area is 191 Å². The summed E-state index contributed by atoms with van der Waals surface area (Å²) in [6.45, 7) is 5.96. The zero-order chi connectivity index (χ0) is 24.4.